The number of aliphatic carboxylic acids is 2. The van der Waals surface area contributed by atoms with E-state index in [9.17, 15) is 23.2 Å². The Labute approximate surface area is 257 Å². The van der Waals surface area contributed by atoms with Crippen molar-refractivity contribution in [1.82, 2.24) is 9.80 Å². The second kappa shape index (κ2) is 15.2. The number of benzene rings is 3. The van der Waals surface area contributed by atoms with E-state index in [4.69, 9.17) is 21.8 Å². The normalized spacial score (nSPS) is 16.9. The van der Waals surface area contributed by atoms with Crippen molar-refractivity contribution in [3.63, 3.8) is 0 Å². The van der Waals surface area contributed by atoms with Gasteiger partial charge in [0.25, 0.3) is 0 Å². The number of fused-ring (bicyclic) bond motifs is 2. The molecule has 226 valence electrons. The molecule has 1 saturated heterocycles. The SMILES string of the molecule is O=C(CCCN1CCN(C2Cc3ccc(F)cc3Sc3ccc(Cl)cc32)CC1)c1ccc(F)cc1.O=C(O)/C=C\C(=O)O. The topological polar surface area (TPSA) is 98.2 Å². The maximum Gasteiger partial charge on any atom is 0.328 e. The van der Waals surface area contributed by atoms with Crippen LogP contribution >= 0.6 is 23.4 Å². The molecule has 7 nitrogen and oxygen atoms in total. The highest BCUT2D eigenvalue weighted by molar-refractivity contribution is 7.99. The predicted octanol–water partition coefficient (Wildman–Crippen LogP) is 6.36. The Morgan fingerprint density at radius 1 is 0.860 bits per heavy atom. The first-order valence-corrected chi connectivity index (χ1v) is 14.9. The molecule has 2 aliphatic rings. The minimum absolute atomic E-state index is 0.0585. The molecule has 3 aromatic rings. The van der Waals surface area contributed by atoms with Crippen LogP contribution < -0.4 is 0 Å². The van der Waals surface area contributed by atoms with E-state index in [1.165, 1.54) is 17.7 Å². The summed E-state index contributed by atoms with van der Waals surface area (Å²) in [5, 5.41) is 16.3. The van der Waals surface area contributed by atoms with Crippen LogP contribution in [-0.4, -0.2) is 70.5 Å². The number of carbonyl (C=O) groups excluding carboxylic acids is 1. The Morgan fingerprint density at radius 3 is 2.16 bits per heavy atom. The maximum absolute atomic E-state index is 13.9. The molecule has 3 aromatic carbocycles. The molecule has 11 heteroatoms. The number of hydrogen-bond acceptors (Lipinski definition) is 6. The molecule has 0 amide bonds. The van der Waals surface area contributed by atoms with Gasteiger partial charge in [0.15, 0.2) is 5.78 Å². The van der Waals surface area contributed by atoms with Crippen molar-refractivity contribution in [2.24, 2.45) is 0 Å². The third-order valence-electron chi connectivity index (χ3n) is 7.25. The van der Waals surface area contributed by atoms with E-state index in [1.54, 1.807) is 36.0 Å². The summed E-state index contributed by atoms with van der Waals surface area (Å²) in [4.78, 5) is 38.5. The van der Waals surface area contributed by atoms with Crippen LogP contribution in [0.3, 0.4) is 0 Å². The maximum atomic E-state index is 13.9. The largest absolute Gasteiger partial charge is 0.478 e. The van der Waals surface area contributed by atoms with Crippen molar-refractivity contribution in [3.05, 3.63) is 106 Å². The molecule has 1 fully saturated rings. The van der Waals surface area contributed by atoms with Gasteiger partial charge in [-0.15, -0.1) is 0 Å². The number of rotatable bonds is 8. The minimum Gasteiger partial charge on any atom is -0.478 e. The smallest absolute Gasteiger partial charge is 0.328 e. The van der Waals surface area contributed by atoms with Gasteiger partial charge in [0.2, 0.25) is 0 Å². The molecule has 2 aliphatic heterocycles. The van der Waals surface area contributed by atoms with Crippen LogP contribution in [0.4, 0.5) is 8.78 Å². The zero-order chi connectivity index (χ0) is 30.9. The Hall–Kier alpha value is -3.57. The van der Waals surface area contributed by atoms with E-state index < -0.39 is 11.9 Å². The second-order valence-corrected chi connectivity index (χ2v) is 11.7. The molecular weight excluding hydrogens is 598 g/mol. The third-order valence-corrected chi connectivity index (χ3v) is 8.68. The second-order valence-electron chi connectivity index (χ2n) is 10.2. The monoisotopic (exact) mass is 628 g/mol. The molecular formula is C32H31ClF2N2O5S. The van der Waals surface area contributed by atoms with E-state index in [-0.39, 0.29) is 23.5 Å². The van der Waals surface area contributed by atoms with Crippen LogP contribution in [0.1, 0.15) is 40.4 Å². The van der Waals surface area contributed by atoms with Gasteiger partial charge in [0.1, 0.15) is 11.6 Å². The molecule has 0 saturated carbocycles. The lowest BCUT2D eigenvalue weighted by Gasteiger charge is -2.39. The Morgan fingerprint density at radius 2 is 1.51 bits per heavy atom. The molecule has 2 heterocycles. The van der Waals surface area contributed by atoms with Crippen LogP contribution in [-0.2, 0) is 16.0 Å². The predicted molar refractivity (Wildman–Crippen MR) is 161 cm³/mol. The highest BCUT2D eigenvalue weighted by Crippen LogP contribution is 2.44. The zero-order valence-electron chi connectivity index (χ0n) is 23.2. The summed E-state index contributed by atoms with van der Waals surface area (Å²) >= 11 is 8.01. The summed E-state index contributed by atoms with van der Waals surface area (Å²) in [6.07, 6.45) is 3.19. The molecule has 43 heavy (non-hydrogen) atoms. The summed E-state index contributed by atoms with van der Waals surface area (Å²) in [6, 6.07) is 17.1. The average Bonchev–Trinajstić information content (AvgIpc) is 3.13. The number of ketones is 1. The fraction of sp³-hybridized carbons (Fsp3) is 0.281. The summed E-state index contributed by atoms with van der Waals surface area (Å²) in [5.41, 5.74) is 2.94. The van der Waals surface area contributed by atoms with E-state index in [1.807, 2.05) is 18.2 Å². The van der Waals surface area contributed by atoms with Gasteiger partial charge in [0.05, 0.1) is 0 Å². The molecule has 0 spiro atoms. The number of halogens is 3. The molecule has 5 rings (SSSR count). The zero-order valence-corrected chi connectivity index (χ0v) is 24.8. The summed E-state index contributed by atoms with van der Waals surface area (Å²) in [5.74, 6) is -2.99. The van der Waals surface area contributed by atoms with Crippen molar-refractivity contribution < 1.29 is 33.4 Å². The first kappa shape index (κ1) is 32.3. The van der Waals surface area contributed by atoms with Crippen molar-refractivity contribution in [3.8, 4) is 0 Å². The molecule has 1 atom stereocenters. The summed E-state index contributed by atoms with van der Waals surface area (Å²) in [6.45, 7) is 4.57. The fourth-order valence-electron chi connectivity index (χ4n) is 5.11. The number of Topliss-reactive ketones (excluding diaryl/α,β-unsaturated/α-hetero) is 1. The van der Waals surface area contributed by atoms with Crippen LogP contribution in [0.15, 0.2) is 82.6 Å². The number of piperazine rings is 1. The van der Waals surface area contributed by atoms with Crippen molar-refractivity contribution in [2.75, 3.05) is 32.7 Å². The number of carbonyl (C=O) groups is 3. The van der Waals surface area contributed by atoms with Gasteiger partial charge >= 0.3 is 11.9 Å². The van der Waals surface area contributed by atoms with Gasteiger partial charge in [-0.1, -0.05) is 29.4 Å². The van der Waals surface area contributed by atoms with Crippen molar-refractivity contribution >= 4 is 41.1 Å². The van der Waals surface area contributed by atoms with E-state index in [2.05, 4.69) is 15.9 Å². The van der Waals surface area contributed by atoms with Gasteiger partial charge in [-0.3, -0.25) is 9.69 Å². The molecule has 0 aliphatic carbocycles. The van der Waals surface area contributed by atoms with E-state index in [0.717, 1.165) is 65.9 Å². The van der Waals surface area contributed by atoms with Gasteiger partial charge < -0.3 is 15.1 Å². The van der Waals surface area contributed by atoms with E-state index in [0.29, 0.717) is 24.1 Å². The quantitative estimate of drug-likeness (QED) is 0.220. The van der Waals surface area contributed by atoms with E-state index >= 15 is 0 Å². The first-order valence-electron chi connectivity index (χ1n) is 13.7. The van der Waals surface area contributed by atoms with Gasteiger partial charge in [-0.25, -0.2) is 18.4 Å². The van der Waals surface area contributed by atoms with Crippen molar-refractivity contribution in [1.29, 1.82) is 0 Å². The van der Waals surface area contributed by atoms with Gasteiger partial charge in [-0.05, 0) is 85.1 Å². The molecule has 1 unspecified atom stereocenters. The summed E-state index contributed by atoms with van der Waals surface area (Å²) < 4.78 is 27.0. The molecule has 0 radical (unpaired) electrons. The number of hydrogen-bond donors (Lipinski definition) is 2. The third kappa shape index (κ3) is 9.46. The lowest BCUT2D eigenvalue weighted by atomic mass is 9.96. The number of carboxylic acid groups (broad SMARTS) is 2. The summed E-state index contributed by atoms with van der Waals surface area (Å²) in [7, 11) is 0. The molecule has 2 N–H and O–H groups in total. The van der Waals surface area contributed by atoms with Crippen molar-refractivity contribution in [2.45, 2.75) is 35.1 Å². The van der Waals surface area contributed by atoms with Gasteiger partial charge in [0, 0.05) is 71.2 Å². The van der Waals surface area contributed by atoms with Gasteiger partial charge in [-0.2, -0.15) is 0 Å². The van der Waals surface area contributed by atoms with Crippen LogP contribution in [0.5, 0.6) is 0 Å². The Bertz CT molecular complexity index is 1480. The first-order chi connectivity index (χ1) is 20.6. The fourth-order valence-corrected chi connectivity index (χ4v) is 6.43. The lowest BCUT2D eigenvalue weighted by molar-refractivity contribution is -0.134. The van der Waals surface area contributed by atoms with Crippen LogP contribution in [0.2, 0.25) is 5.02 Å². The number of carboxylic acids is 2. The van der Waals surface area contributed by atoms with Crippen LogP contribution in [0.25, 0.3) is 0 Å². The minimum atomic E-state index is -1.26. The lowest BCUT2D eigenvalue weighted by Crippen LogP contribution is -2.48. The highest BCUT2D eigenvalue weighted by Gasteiger charge is 2.30. The standard InChI is InChI=1S/C28H27ClF2N2OS.C4H4O4/c29-21-6-10-27-24(17-21)25(16-20-5-9-23(31)18-28(20)35-27)33-14-12-32(13-15-33)11-1-2-26(34)19-3-7-22(30)8-4-19;5-3(6)1-2-4(7)8/h3-10,17-18,25H,1-2,11-16H2;1-2H,(H,5,6)(H,7,8)/b;2-1-. The Balaban J connectivity index is 0.000000467. The highest BCUT2D eigenvalue weighted by atomic mass is 35.5. The Kier molecular flexibility index (Phi) is 11.5. The average molecular weight is 629 g/mol. The number of nitrogens with zero attached hydrogens (tertiary/aromatic N) is 2. The van der Waals surface area contributed by atoms with Crippen LogP contribution in [0, 0.1) is 11.6 Å². The molecule has 0 bridgehead atoms. The molecule has 0 aromatic heterocycles.